The lowest BCUT2D eigenvalue weighted by atomic mass is 10.2. The number of aryl methyl sites for hydroxylation is 1. The topological polar surface area (TPSA) is 136 Å². The molecule has 4 N–H and O–H groups in total. The van der Waals surface area contributed by atoms with Gasteiger partial charge in [0.05, 0.1) is 12.6 Å². The Labute approximate surface area is 95.8 Å². The quantitative estimate of drug-likeness (QED) is 0.607. The molecule has 0 saturated carbocycles. The van der Waals surface area contributed by atoms with Crippen LogP contribution in [0.5, 0.6) is 0 Å². The zero-order valence-electron chi connectivity index (χ0n) is 8.97. The van der Waals surface area contributed by atoms with E-state index in [9.17, 15) is 14.4 Å². The van der Waals surface area contributed by atoms with Crippen molar-refractivity contribution in [1.29, 1.82) is 0 Å². The van der Waals surface area contributed by atoms with Gasteiger partial charge in [0.1, 0.15) is 6.04 Å². The van der Waals surface area contributed by atoms with Crippen molar-refractivity contribution in [3.63, 3.8) is 0 Å². The maximum atomic E-state index is 11.6. The molecule has 0 aliphatic carbocycles. The number of carboxylic acids is 1. The number of hydrogen-bond donors (Lipinski definition) is 3. The van der Waals surface area contributed by atoms with E-state index in [1.54, 1.807) is 6.92 Å². The van der Waals surface area contributed by atoms with Gasteiger partial charge in [-0.25, -0.2) is 4.79 Å². The van der Waals surface area contributed by atoms with Crippen molar-refractivity contribution >= 4 is 17.8 Å². The highest BCUT2D eigenvalue weighted by molar-refractivity contribution is 5.96. The predicted octanol–water partition coefficient (Wildman–Crippen LogP) is -0.959. The lowest BCUT2D eigenvalue weighted by Gasteiger charge is -2.11. The number of aromatic nitrogens is 1. The summed E-state index contributed by atoms with van der Waals surface area (Å²) in [5, 5.41) is 14.3. The monoisotopic (exact) mass is 241 g/mol. The van der Waals surface area contributed by atoms with Crippen LogP contribution in [0.3, 0.4) is 0 Å². The highest BCUT2D eigenvalue weighted by Crippen LogP contribution is 2.06. The lowest BCUT2D eigenvalue weighted by molar-refractivity contribution is -0.140. The maximum absolute atomic E-state index is 11.6. The van der Waals surface area contributed by atoms with Gasteiger partial charge in [-0.1, -0.05) is 5.16 Å². The third kappa shape index (κ3) is 3.30. The molecule has 1 rings (SSSR count). The molecule has 17 heavy (non-hydrogen) atoms. The van der Waals surface area contributed by atoms with Crippen LogP contribution in [0.15, 0.2) is 10.7 Å². The maximum Gasteiger partial charge on any atom is 0.326 e. The summed E-state index contributed by atoms with van der Waals surface area (Å²) in [5.41, 5.74) is 5.33. The number of nitrogens with one attached hydrogen (secondary N) is 1. The van der Waals surface area contributed by atoms with Crippen LogP contribution >= 0.6 is 0 Å². The largest absolute Gasteiger partial charge is 0.480 e. The first-order chi connectivity index (χ1) is 7.91. The zero-order valence-corrected chi connectivity index (χ0v) is 8.97. The average molecular weight is 241 g/mol. The molecule has 0 aliphatic heterocycles. The second-order valence-corrected chi connectivity index (χ2v) is 3.37. The first kappa shape index (κ1) is 12.7. The van der Waals surface area contributed by atoms with Gasteiger partial charge in [-0.2, -0.15) is 0 Å². The summed E-state index contributed by atoms with van der Waals surface area (Å²) in [6.45, 7) is 1.58. The van der Waals surface area contributed by atoms with Crippen LogP contribution in [0.4, 0.5) is 0 Å². The Kier molecular flexibility index (Phi) is 3.81. The minimum absolute atomic E-state index is 0.0966. The number of carboxylic acid groups (broad SMARTS) is 1. The van der Waals surface area contributed by atoms with E-state index in [2.05, 4.69) is 15.0 Å². The smallest absolute Gasteiger partial charge is 0.326 e. The normalized spacial score (nSPS) is 11.8. The van der Waals surface area contributed by atoms with Crippen molar-refractivity contribution in [2.45, 2.75) is 19.4 Å². The Balaban J connectivity index is 2.74. The molecule has 0 aromatic carbocycles. The van der Waals surface area contributed by atoms with E-state index < -0.39 is 30.2 Å². The molecule has 8 nitrogen and oxygen atoms in total. The van der Waals surface area contributed by atoms with Crippen molar-refractivity contribution in [2.75, 3.05) is 0 Å². The van der Waals surface area contributed by atoms with Gasteiger partial charge in [0, 0.05) is 5.56 Å². The number of carbonyl (C=O) groups excluding carboxylic acids is 2. The molecule has 0 fully saturated rings. The Bertz CT molecular complexity index is 453. The molecular weight excluding hydrogens is 230 g/mol. The summed E-state index contributed by atoms with van der Waals surface area (Å²) in [7, 11) is 0. The van der Waals surface area contributed by atoms with E-state index in [0.29, 0.717) is 5.56 Å². The van der Waals surface area contributed by atoms with Crippen molar-refractivity contribution in [2.24, 2.45) is 5.73 Å². The Morgan fingerprint density at radius 3 is 2.65 bits per heavy atom. The molecule has 92 valence electrons. The molecule has 1 aromatic heterocycles. The Hall–Kier alpha value is -2.38. The summed E-state index contributed by atoms with van der Waals surface area (Å²) in [6, 6.07) is -1.38. The highest BCUT2D eigenvalue weighted by Gasteiger charge is 2.25. The van der Waals surface area contributed by atoms with Crippen LogP contribution < -0.4 is 11.1 Å². The molecule has 0 aliphatic rings. The summed E-state index contributed by atoms with van der Waals surface area (Å²) >= 11 is 0. The SMILES string of the molecule is Cc1cnoc1C(=O)N[C@H](CC(N)=O)C(=O)O. The minimum Gasteiger partial charge on any atom is -0.480 e. The number of nitrogens with two attached hydrogens (primary N) is 1. The van der Waals surface area contributed by atoms with Crippen molar-refractivity contribution in [3.8, 4) is 0 Å². The number of primary amides is 1. The van der Waals surface area contributed by atoms with Crippen molar-refractivity contribution in [3.05, 3.63) is 17.5 Å². The first-order valence-corrected chi connectivity index (χ1v) is 4.65. The number of nitrogens with zero attached hydrogens (tertiary/aromatic N) is 1. The number of amides is 2. The van der Waals surface area contributed by atoms with Gasteiger partial charge in [-0.15, -0.1) is 0 Å². The summed E-state index contributed by atoms with van der Waals surface area (Å²) < 4.78 is 4.64. The van der Waals surface area contributed by atoms with Crippen LogP contribution in [-0.2, 0) is 9.59 Å². The molecule has 1 atom stereocenters. The molecule has 0 saturated heterocycles. The summed E-state index contributed by atoms with van der Waals surface area (Å²) in [4.78, 5) is 32.9. The van der Waals surface area contributed by atoms with Crippen molar-refractivity contribution < 1.29 is 24.0 Å². The van der Waals surface area contributed by atoms with E-state index in [1.165, 1.54) is 6.20 Å². The van der Waals surface area contributed by atoms with E-state index >= 15 is 0 Å². The number of carbonyl (C=O) groups is 3. The van der Waals surface area contributed by atoms with Crippen LogP contribution in [0.2, 0.25) is 0 Å². The fraction of sp³-hybridized carbons (Fsp3) is 0.333. The molecule has 8 heteroatoms. The van der Waals surface area contributed by atoms with Gasteiger partial charge in [0.2, 0.25) is 11.7 Å². The van der Waals surface area contributed by atoms with Crippen molar-refractivity contribution in [1.82, 2.24) is 10.5 Å². The summed E-state index contributed by atoms with van der Waals surface area (Å²) in [6.07, 6.45) is 0.826. The fourth-order valence-electron chi connectivity index (χ4n) is 1.13. The van der Waals surface area contributed by atoms with Gasteiger partial charge in [0.15, 0.2) is 0 Å². The molecule has 1 aromatic rings. The van der Waals surface area contributed by atoms with E-state index in [-0.39, 0.29) is 5.76 Å². The second-order valence-electron chi connectivity index (χ2n) is 3.37. The summed E-state index contributed by atoms with van der Waals surface area (Å²) in [5.74, 6) is -3.03. The molecule has 0 unspecified atom stereocenters. The molecule has 0 radical (unpaired) electrons. The van der Waals surface area contributed by atoms with E-state index in [0.717, 1.165) is 0 Å². The van der Waals surface area contributed by atoms with Crippen LogP contribution in [0.25, 0.3) is 0 Å². The fourth-order valence-corrected chi connectivity index (χ4v) is 1.13. The first-order valence-electron chi connectivity index (χ1n) is 4.65. The number of rotatable bonds is 5. The molecule has 2 amide bonds. The van der Waals surface area contributed by atoms with E-state index in [1.807, 2.05) is 0 Å². The van der Waals surface area contributed by atoms with Gasteiger partial charge in [-0.3, -0.25) is 9.59 Å². The predicted molar refractivity (Wildman–Crippen MR) is 53.9 cm³/mol. The van der Waals surface area contributed by atoms with Gasteiger partial charge < -0.3 is 20.7 Å². The second kappa shape index (κ2) is 5.10. The Morgan fingerprint density at radius 1 is 1.59 bits per heavy atom. The molecular formula is C9H11N3O5. The number of aliphatic carboxylic acids is 1. The standard InChI is InChI=1S/C9H11N3O5/c1-4-3-11-17-7(4)8(14)12-5(9(15)16)2-6(10)13/h3,5H,2H2,1H3,(H2,10,13)(H,12,14)(H,15,16)/t5-/m1/s1. The molecule has 0 bridgehead atoms. The van der Waals surface area contributed by atoms with E-state index in [4.69, 9.17) is 10.8 Å². The third-order valence-electron chi connectivity index (χ3n) is 1.96. The zero-order chi connectivity index (χ0) is 13.0. The van der Waals surface area contributed by atoms with Gasteiger partial charge in [0.25, 0.3) is 5.91 Å². The van der Waals surface area contributed by atoms with Crippen LogP contribution in [0.1, 0.15) is 22.5 Å². The van der Waals surface area contributed by atoms with Crippen LogP contribution in [0, 0.1) is 6.92 Å². The highest BCUT2D eigenvalue weighted by atomic mass is 16.5. The molecule has 0 spiro atoms. The van der Waals surface area contributed by atoms with Gasteiger partial charge >= 0.3 is 5.97 Å². The number of hydrogen-bond acceptors (Lipinski definition) is 5. The van der Waals surface area contributed by atoms with Gasteiger partial charge in [-0.05, 0) is 6.92 Å². The minimum atomic E-state index is -1.38. The Morgan fingerprint density at radius 2 is 2.24 bits per heavy atom. The lowest BCUT2D eigenvalue weighted by Crippen LogP contribution is -2.43. The third-order valence-corrected chi connectivity index (χ3v) is 1.96. The molecule has 1 heterocycles. The van der Waals surface area contributed by atoms with Crippen LogP contribution in [-0.4, -0.2) is 34.1 Å². The average Bonchev–Trinajstić information content (AvgIpc) is 2.62.